The second-order valence-corrected chi connectivity index (χ2v) is 5.19. The highest BCUT2D eigenvalue weighted by molar-refractivity contribution is 9.10. The molecule has 2 rings (SSSR count). The summed E-state index contributed by atoms with van der Waals surface area (Å²) in [6.07, 6.45) is 3.78. The molecule has 17 heavy (non-hydrogen) atoms. The Kier molecular flexibility index (Phi) is 4.18. The number of nitrogens with two attached hydrogens (primary N) is 1. The average Bonchev–Trinajstić information content (AvgIpc) is 2.82. The van der Waals surface area contributed by atoms with E-state index in [-0.39, 0.29) is 11.9 Å². The highest BCUT2D eigenvalue weighted by Crippen LogP contribution is 2.23. The zero-order chi connectivity index (χ0) is 12.3. The molecule has 92 valence electrons. The van der Waals surface area contributed by atoms with Gasteiger partial charge in [0.25, 0.3) is 0 Å². The van der Waals surface area contributed by atoms with E-state index in [1.807, 2.05) is 6.07 Å². The van der Waals surface area contributed by atoms with E-state index in [4.69, 9.17) is 10.5 Å². The molecule has 0 spiro atoms. The number of Topliss-reactive ketones (excluding diaryl/α,β-unsaturated/α-hetero) is 1. The predicted octanol–water partition coefficient (Wildman–Crippen LogP) is 3.17. The zero-order valence-electron chi connectivity index (χ0n) is 9.62. The van der Waals surface area contributed by atoms with Gasteiger partial charge in [-0.2, -0.15) is 0 Å². The maximum atomic E-state index is 12.0. The van der Waals surface area contributed by atoms with Crippen LogP contribution in [0, 0.1) is 0 Å². The lowest BCUT2D eigenvalue weighted by molar-refractivity contribution is 0.0859. The van der Waals surface area contributed by atoms with Gasteiger partial charge in [0.05, 0.1) is 6.10 Å². The molecule has 1 aliphatic heterocycles. The average molecular weight is 298 g/mol. The summed E-state index contributed by atoms with van der Waals surface area (Å²) in [7, 11) is 0. The summed E-state index contributed by atoms with van der Waals surface area (Å²) < 4.78 is 6.31. The van der Waals surface area contributed by atoms with Gasteiger partial charge in [0, 0.05) is 28.8 Å². The fourth-order valence-electron chi connectivity index (χ4n) is 2.06. The van der Waals surface area contributed by atoms with Crippen LogP contribution in [-0.2, 0) is 4.74 Å². The van der Waals surface area contributed by atoms with Crippen LogP contribution in [0.4, 0.5) is 5.69 Å². The monoisotopic (exact) mass is 297 g/mol. The van der Waals surface area contributed by atoms with Crippen LogP contribution in [-0.4, -0.2) is 18.5 Å². The molecule has 3 nitrogen and oxygen atoms in total. The minimum Gasteiger partial charge on any atom is -0.399 e. The van der Waals surface area contributed by atoms with E-state index < -0.39 is 0 Å². The van der Waals surface area contributed by atoms with Crippen molar-refractivity contribution in [3.8, 4) is 0 Å². The Labute approximate surface area is 109 Å². The summed E-state index contributed by atoms with van der Waals surface area (Å²) in [6.45, 7) is 0.834. The molecule has 0 aliphatic carbocycles. The molecule has 4 heteroatoms. The number of benzene rings is 1. The van der Waals surface area contributed by atoms with Crippen molar-refractivity contribution in [2.45, 2.75) is 31.8 Å². The topological polar surface area (TPSA) is 52.3 Å². The molecule has 1 atom stereocenters. The summed E-state index contributed by atoms with van der Waals surface area (Å²) in [4.78, 5) is 12.0. The second-order valence-electron chi connectivity index (χ2n) is 4.34. The van der Waals surface area contributed by atoms with Crippen LogP contribution in [0.5, 0.6) is 0 Å². The molecule has 0 bridgehead atoms. The summed E-state index contributed by atoms with van der Waals surface area (Å²) in [6, 6.07) is 5.32. The maximum Gasteiger partial charge on any atom is 0.164 e. The van der Waals surface area contributed by atoms with Crippen molar-refractivity contribution in [3.05, 3.63) is 28.2 Å². The summed E-state index contributed by atoms with van der Waals surface area (Å²) in [5.41, 5.74) is 6.97. The SMILES string of the molecule is Nc1ccc(Br)c(C(=O)CCC2CCCO2)c1. The van der Waals surface area contributed by atoms with Gasteiger partial charge < -0.3 is 10.5 Å². The van der Waals surface area contributed by atoms with Crippen molar-refractivity contribution >= 4 is 27.4 Å². The van der Waals surface area contributed by atoms with E-state index in [9.17, 15) is 4.79 Å². The Morgan fingerprint density at radius 2 is 2.35 bits per heavy atom. The van der Waals surface area contributed by atoms with Gasteiger partial charge in [0.15, 0.2) is 5.78 Å². The second kappa shape index (κ2) is 5.65. The van der Waals surface area contributed by atoms with Gasteiger partial charge in [-0.1, -0.05) is 15.9 Å². The molecule has 1 saturated heterocycles. The number of hydrogen-bond acceptors (Lipinski definition) is 3. The number of anilines is 1. The molecule has 0 aromatic heterocycles. The quantitative estimate of drug-likeness (QED) is 0.686. The van der Waals surface area contributed by atoms with Crippen molar-refractivity contribution < 1.29 is 9.53 Å². The molecule has 2 N–H and O–H groups in total. The van der Waals surface area contributed by atoms with Crippen LogP contribution < -0.4 is 5.73 Å². The lowest BCUT2D eigenvalue weighted by Crippen LogP contribution is -2.09. The molecule has 1 aromatic rings. The van der Waals surface area contributed by atoms with Gasteiger partial charge in [0.1, 0.15) is 0 Å². The Bertz CT molecular complexity index is 414. The standard InChI is InChI=1S/C13H16BrNO2/c14-12-5-3-9(15)8-11(12)13(16)6-4-10-2-1-7-17-10/h3,5,8,10H,1-2,4,6-7,15H2. The molecule has 1 aromatic carbocycles. The lowest BCUT2D eigenvalue weighted by Gasteiger charge is -2.09. The lowest BCUT2D eigenvalue weighted by atomic mass is 10.0. The molecule has 1 unspecified atom stereocenters. The van der Waals surface area contributed by atoms with Gasteiger partial charge in [0.2, 0.25) is 0 Å². The summed E-state index contributed by atoms with van der Waals surface area (Å²) in [5.74, 6) is 0.125. The number of rotatable bonds is 4. The number of carbonyl (C=O) groups excluding carboxylic acids is 1. The number of nitrogen functional groups attached to an aromatic ring is 1. The van der Waals surface area contributed by atoms with Gasteiger partial charge in [-0.05, 0) is 37.5 Å². The third-order valence-electron chi connectivity index (χ3n) is 3.01. The fraction of sp³-hybridized carbons (Fsp3) is 0.462. The molecular weight excluding hydrogens is 282 g/mol. The molecule has 1 fully saturated rings. The van der Waals surface area contributed by atoms with Crippen LogP contribution >= 0.6 is 15.9 Å². The highest BCUT2D eigenvalue weighted by atomic mass is 79.9. The van der Waals surface area contributed by atoms with Crippen LogP contribution in [0.3, 0.4) is 0 Å². The molecule has 0 radical (unpaired) electrons. The Morgan fingerprint density at radius 1 is 1.53 bits per heavy atom. The highest BCUT2D eigenvalue weighted by Gasteiger charge is 2.18. The molecule has 0 saturated carbocycles. The maximum absolute atomic E-state index is 12.0. The van der Waals surface area contributed by atoms with Crippen molar-refractivity contribution in [3.63, 3.8) is 0 Å². The van der Waals surface area contributed by atoms with Gasteiger partial charge in [-0.3, -0.25) is 4.79 Å². The summed E-state index contributed by atoms with van der Waals surface area (Å²) in [5, 5.41) is 0. The Morgan fingerprint density at radius 3 is 3.06 bits per heavy atom. The number of ketones is 1. The van der Waals surface area contributed by atoms with Crippen LogP contribution in [0.15, 0.2) is 22.7 Å². The van der Waals surface area contributed by atoms with Crippen molar-refractivity contribution in [2.75, 3.05) is 12.3 Å². The summed E-state index contributed by atoms with van der Waals surface area (Å²) >= 11 is 3.38. The first-order chi connectivity index (χ1) is 8.16. The van der Waals surface area contributed by atoms with Crippen molar-refractivity contribution in [2.24, 2.45) is 0 Å². The fourth-order valence-corrected chi connectivity index (χ4v) is 2.52. The largest absolute Gasteiger partial charge is 0.399 e. The van der Waals surface area contributed by atoms with Crippen LogP contribution in [0.1, 0.15) is 36.0 Å². The molecular formula is C13H16BrNO2. The van der Waals surface area contributed by atoms with E-state index in [0.29, 0.717) is 17.7 Å². The van der Waals surface area contributed by atoms with Gasteiger partial charge in [-0.15, -0.1) is 0 Å². The minimum atomic E-state index is 0.125. The zero-order valence-corrected chi connectivity index (χ0v) is 11.2. The Balaban J connectivity index is 1.96. The van der Waals surface area contributed by atoms with Gasteiger partial charge in [-0.25, -0.2) is 0 Å². The van der Waals surface area contributed by atoms with Crippen LogP contribution in [0.25, 0.3) is 0 Å². The van der Waals surface area contributed by atoms with E-state index in [1.54, 1.807) is 12.1 Å². The first-order valence-electron chi connectivity index (χ1n) is 5.86. The van der Waals surface area contributed by atoms with E-state index >= 15 is 0 Å². The predicted molar refractivity (Wildman–Crippen MR) is 71.1 cm³/mol. The van der Waals surface area contributed by atoms with Gasteiger partial charge >= 0.3 is 0 Å². The number of carbonyl (C=O) groups is 1. The van der Waals surface area contributed by atoms with E-state index in [0.717, 1.165) is 30.3 Å². The van der Waals surface area contributed by atoms with Crippen LogP contribution in [0.2, 0.25) is 0 Å². The third kappa shape index (κ3) is 3.30. The normalized spacial score (nSPS) is 19.5. The smallest absolute Gasteiger partial charge is 0.164 e. The molecule has 0 amide bonds. The molecule has 1 aliphatic rings. The van der Waals surface area contributed by atoms with E-state index in [2.05, 4.69) is 15.9 Å². The van der Waals surface area contributed by atoms with Crippen molar-refractivity contribution in [1.29, 1.82) is 0 Å². The molecule has 1 heterocycles. The third-order valence-corrected chi connectivity index (χ3v) is 3.70. The number of hydrogen-bond donors (Lipinski definition) is 1. The van der Waals surface area contributed by atoms with Crippen molar-refractivity contribution in [1.82, 2.24) is 0 Å². The minimum absolute atomic E-state index is 0.125. The Hall–Kier alpha value is -0.870. The first-order valence-corrected chi connectivity index (χ1v) is 6.66. The number of ether oxygens (including phenoxy) is 1. The number of halogens is 1. The first kappa shape index (κ1) is 12.6. The van der Waals surface area contributed by atoms with E-state index in [1.165, 1.54) is 0 Å².